The van der Waals surface area contributed by atoms with Crippen LogP contribution in [0.3, 0.4) is 0 Å². The van der Waals surface area contributed by atoms with Crippen molar-refractivity contribution < 1.29 is 4.79 Å². The topological polar surface area (TPSA) is 49.8 Å². The minimum Gasteiger partial charge on any atom is -0.352 e. The van der Waals surface area contributed by atoms with Gasteiger partial charge in [0.25, 0.3) is 0 Å². The van der Waals surface area contributed by atoms with Crippen LogP contribution in [0.2, 0.25) is 0 Å². The number of aromatic nitrogens is 2. The number of amides is 1. The normalized spacial score (nSPS) is 15.9. The summed E-state index contributed by atoms with van der Waals surface area (Å²) in [5.41, 5.74) is 4.87. The fourth-order valence-corrected chi connectivity index (χ4v) is 4.20. The monoisotopic (exact) mass is 377 g/mol. The Kier molecular flexibility index (Phi) is 5.21. The molecule has 138 valence electrons. The number of imidazole rings is 1. The number of carbonyl (C=O) groups excluding carboxylic acids is 1. The van der Waals surface area contributed by atoms with Gasteiger partial charge in [-0.15, -0.1) is 0 Å². The molecule has 1 atom stereocenters. The van der Waals surface area contributed by atoms with Crippen molar-refractivity contribution in [1.82, 2.24) is 14.9 Å². The maximum Gasteiger partial charge on any atom is 0.226 e. The molecule has 27 heavy (non-hydrogen) atoms. The first kappa shape index (κ1) is 17.7. The van der Waals surface area contributed by atoms with E-state index < -0.39 is 0 Å². The number of nitrogens with one attached hydrogen (secondary N) is 2. The number of hydrogen-bond acceptors (Lipinski definition) is 2. The van der Waals surface area contributed by atoms with Crippen LogP contribution in [0.4, 0.5) is 0 Å². The Morgan fingerprint density at radius 2 is 1.85 bits per heavy atom. The van der Waals surface area contributed by atoms with E-state index in [4.69, 9.17) is 12.2 Å². The van der Waals surface area contributed by atoms with Crippen molar-refractivity contribution in [2.75, 3.05) is 0 Å². The fraction of sp³-hybridized carbons (Fsp3) is 0.273. The predicted octanol–water partition coefficient (Wildman–Crippen LogP) is 4.13. The van der Waals surface area contributed by atoms with Gasteiger partial charge in [-0.25, -0.2) is 0 Å². The highest BCUT2D eigenvalue weighted by Crippen LogP contribution is 2.30. The summed E-state index contributed by atoms with van der Waals surface area (Å²) in [6.07, 6.45) is 5.26. The molecule has 0 unspecified atom stereocenters. The SMILES string of the molecule is O=C(Cc1c[nH]c(=S)n1[C@H]1CCc2ccccc2C1)NCc1ccccc1. The van der Waals surface area contributed by atoms with E-state index in [9.17, 15) is 4.79 Å². The van der Waals surface area contributed by atoms with Gasteiger partial charge in [-0.05, 0) is 48.2 Å². The summed E-state index contributed by atoms with van der Waals surface area (Å²) in [6, 6.07) is 18.9. The Bertz CT molecular complexity index is 990. The van der Waals surface area contributed by atoms with Gasteiger partial charge in [0.1, 0.15) is 0 Å². The second-order valence-corrected chi connectivity index (χ2v) is 7.45. The van der Waals surface area contributed by atoms with Crippen LogP contribution in [-0.4, -0.2) is 15.5 Å². The molecule has 0 radical (unpaired) electrons. The Morgan fingerprint density at radius 1 is 1.11 bits per heavy atom. The molecule has 1 amide bonds. The number of aromatic amines is 1. The number of H-pyrrole nitrogens is 1. The molecular formula is C22H23N3OS. The van der Waals surface area contributed by atoms with Gasteiger partial charge in [0.15, 0.2) is 4.77 Å². The summed E-state index contributed by atoms with van der Waals surface area (Å²) in [5, 5.41) is 3.00. The third-order valence-corrected chi connectivity index (χ3v) is 5.57. The Labute approximate surface area is 164 Å². The molecule has 1 aliphatic carbocycles. The van der Waals surface area contributed by atoms with Crippen molar-refractivity contribution in [3.63, 3.8) is 0 Å². The summed E-state index contributed by atoms with van der Waals surface area (Å²) in [5.74, 6) is 0.0119. The lowest BCUT2D eigenvalue weighted by Crippen LogP contribution is -2.27. The fourth-order valence-electron chi connectivity index (χ4n) is 3.87. The van der Waals surface area contributed by atoms with Gasteiger partial charge in [0.05, 0.1) is 6.42 Å². The highest BCUT2D eigenvalue weighted by atomic mass is 32.1. The van der Waals surface area contributed by atoms with Crippen LogP contribution >= 0.6 is 12.2 Å². The summed E-state index contributed by atoms with van der Waals surface area (Å²) in [6.45, 7) is 0.543. The van der Waals surface area contributed by atoms with Crippen molar-refractivity contribution in [3.05, 3.63) is 87.9 Å². The smallest absolute Gasteiger partial charge is 0.226 e. The van der Waals surface area contributed by atoms with Crippen LogP contribution < -0.4 is 5.32 Å². The third-order valence-electron chi connectivity index (χ3n) is 5.25. The molecule has 2 N–H and O–H groups in total. The zero-order valence-corrected chi connectivity index (χ0v) is 16.0. The Hall–Kier alpha value is -2.66. The second-order valence-electron chi connectivity index (χ2n) is 7.06. The molecule has 0 aliphatic heterocycles. The molecule has 3 aromatic rings. The third kappa shape index (κ3) is 4.03. The predicted molar refractivity (Wildman–Crippen MR) is 109 cm³/mol. The van der Waals surface area contributed by atoms with Crippen molar-refractivity contribution in [2.45, 2.75) is 38.3 Å². The van der Waals surface area contributed by atoms with E-state index in [1.54, 1.807) is 0 Å². The van der Waals surface area contributed by atoms with Crippen LogP contribution in [0.25, 0.3) is 0 Å². The zero-order chi connectivity index (χ0) is 18.6. The summed E-state index contributed by atoms with van der Waals surface area (Å²) in [4.78, 5) is 15.6. The van der Waals surface area contributed by atoms with Crippen molar-refractivity contribution in [2.24, 2.45) is 0 Å². The maximum absolute atomic E-state index is 12.5. The summed E-state index contributed by atoms with van der Waals surface area (Å²) >= 11 is 5.52. The highest BCUT2D eigenvalue weighted by molar-refractivity contribution is 7.71. The van der Waals surface area contributed by atoms with E-state index in [1.807, 2.05) is 36.5 Å². The molecule has 0 spiro atoms. The minimum absolute atomic E-state index is 0.0119. The van der Waals surface area contributed by atoms with Crippen molar-refractivity contribution in [3.8, 4) is 0 Å². The molecule has 0 saturated heterocycles. The standard InChI is InChI=1S/C22H23N3OS/c26-21(23-14-16-6-2-1-3-7-16)13-20-15-24-22(27)25(20)19-11-10-17-8-4-5-9-18(17)12-19/h1-9,15,19H,10-14H2,(H,23,26)(H,24,27)/t19-/m0/s1. The van der Waals surface area contributed by atoms with E-state index in [2.05, 4.69) is 39.1 Å². The van der Waals surface area contributed by atoms with Crippen LogP contribution in [0, 0.1) is 4.77 Å². The van der Waals surface area contributed by atoms with E-state index in [0.29, 0.717) is 23.8 Å². The summed E-state index contributed by atoms with van der Waals surface area (Å²) in [7, 11) is 0. The molecule has 0 saturated carbocycles. The minimum atomic E-state index is 0.0119. The Morgan fingerprint density at radius 3 is 2.67 bits per heavy atom. The number of fused-ring (bicyclic) bond motifs is 1. The second kappa shape index (κ2) is 7.92. The highest BCUT2D eigenvalue weighted by Gasteiger charge is 2.23. The number of nitrogens with zero attached hydrogens (tertiary/aromatic N) is 1. The van der Waals surface area contributed by atoms with E-state index >= 15 is 0 Å². The van der Waals surface area contributed by atoms with E-state index in [-0.39, 0.29) is 5.91 Å². The molecular weight excluding hydrogens is 354 g/mol. The molecule has 0 bridgehead atoms. The van der Waals surface area contributed by atoms with Crippen molar-refractivity contribution >= 4 is 18.1 Å². The number of benzene rings is 2. The lowest BCUT2D eigenvalue weighted by molar-refractivity contribution is -0.120. The van der Waals surface area contributed by atoms with Gasteiger partial charge in [-0.2, -0.15) is 0 Å². The number of carbonyl (C=O) groups is 1. The molecule has 1 heterocycles. The molecule has 4 nitrogen and oxygen atoms in total. The molecule has 2 aromatic carbocycles. The maximum atomic E-state index is 12.5. The molecule has 4 rings (SSSR count). The van der Waals surface area contributed by atoms with Crippen LogP contribution in [-0.2, 0) is 30.6 Å². The van der Waals surface area contributed by atoms with Gasteiger partial charge in [0, 0.05) is 24.5 Å². The molecule has 0 fully saturated rings. The van der Waals surface area contributed by atoms with E-state index in [1.165, 1.54) is 11.1 Å². The lowest BCUT2D eigenvalue weighted by Gasteiger charge is -2.27. The first-order valence-corrected chi connectivity index (χ1v) is 9.78. The first-order valence-electron chi connectivity index (χ1n) is 9.37. The molecule has 1 aromatic heterocycles. The van der Waals surface area contributed by atoms with Gasteiger partial charge in [-0.1, -0.05) is 54.6 Å². The quantitative estimate of drug-likeness (QED) is 0.657. The number of aryl methyl sites for hydroxylation is 1. The molecule has 5 heteroatoms. The number of hydrogen-bond donors (Lipinski definition) is 2. The average Bonchev–Trinajstić information content (AvgIpc) is 3.07. The Balaban J connectivity index is 1.46. The summed E-state index contributed by atoms with van der Waals surface area (Å²) < 4.78 is 2.85. The van der Waals surface area contributed by atoms with E-state index in [0.717, 1.165) is 30.5 Å². The van der Waals surface area contributed by atoms with Gasteiger partial charge in [0.2, 0.25) is 5.91 Å². The molecule has 1 aliphatic rings. The van der Waals surface area contributed by atoms with Crippen LogP contribution in [0.5, 0.6) is 0 Å². The van der Waals surface area contributed by atoms with Gasteiger partial charge >= 0.3 is 0 Å². The van der Waals surface area contributed by atoms with Crippen LogP contribution in [0.1, 0.15) is 34.8 Å². The van der Waals surface area contributed by atoms with Gasteiger partial charge in [-0.3, -0.25) is 4.79 Å². The zero-order valence-electron chi connectivity index (χ0n) is 15.2. The van der Waals surface area contributed by atoms with Gasteiger partial charge < -0.3 is 14.9 Å². The first-order chi connectivity index (χ1) is 13.2. The largest absolute Gasteiger partial charge is 0.352 e. The average molecular weight is 378 g/mol. The van der Waals surface area contributed by atoms with Crippen LogP contribution in [0.15, 0.2) is 60.8 Å². The van der Waals surface area contributed by atoms with Crippen molar-refractivity contribution in [1.29, 1.82) is 0 Å². The lowest BCUT2D eigenvalue weighted by atomic mass is 9.88. The number of rotatable bonds is 5.